The van der Waals surface area contributed by atoms with Crippen LogP contribution in [0.1, 0.15) is 57.0 Å². The number of carbonyl (C=O) groups is 3. The summed E-state index contributed by atoms with van der Waals surface area (Å²) in [4.78, 5) is 37.7. The van der Waals surface area contributed by atoms with Gasteiger partial charge in [-0.2, -0.15) is 0 Å². The number of aliphatic hydroxyl groups is 1. The van der Waals surface area contributed by atoms with Crippen molar-refractivity contribution in [2.24, 2.45) is 28.6 Å². The van der Waals surface area contributed by atoms with Gasteiger partial charge in [0.05, 0.1) is 23.1 Å². The van der Waals surface area contributed by atoms with Crippen molar-refractivity contribution >= 4 is 40.7 Å². The molecule has 0 unspecified atom stereocenters. The zero-order chi connectivity index (χ0) is 25.4. The van der Waals surface area contributed by atoms with Crippen molar-refractivity contribution in [3.8, 4) is 0 Å². The fourth-order valence-corrected chi connectivity index (χ4v) is 8.81. The molecule has 8 heteroatoms. The largest absolute Gasteiger partial charge is 0.457 e. The average Bonchev–Trinajstić information content (AvgIpc) is 3.42. The first kappa shape index (κ1) is 24.8. The summed E-state index contributed by atoms with van der Waals surface area (Å²) < 4.78 is 11.3. The summed E-state index contributed by atoms with van der Waals surface area (Å²) in [6.07, 6.45) is 7.44. The van der Waals surface area contributed by atoms with Gasteiger partial charge in [0.2, 0.25) is 5.76 Å². The number of carbonyl (C=O) groups excluding carboxylic acids is 3. The van der Waals surface area contributed by atoms with Gasteiger partial charge in [-0.25, -0.2) is 4.79 Å². The Labute approximate surface area is 214 Å². The van der Waals surface area contributed by atoms with E-state index in [0.29, 0.717) is 19.3 Å². The number of ketones is 2. The van der Waals surface area contributed by atoms with Gasteiger partial charge in [-0.15, -0.1) is 23.2 Å². The van der Waals surface area contributed by atoms with E-state index in [1.807, 2.05) is 26.8 Å². The molecule has 8 atom stereocenters. The predicted octanol–water partition coefficient (Wildman–Crippen LogP) is 4.87. The lowest BCUT2D eigenvalue weighted by molar-refractivity contribution is -0.177. The zero-order valence-corrected chi connectivity index (χ0v) is 21.6. The molecule has 6 nitrogen and oxygen atoms in total. The topological polar surface area (TPSA) is 93.8 Å². The van der Waals surface area contributed by atoms with Gasteiger partial charge in [0.1, 0.15) is 0 Å². The van der Waals surface area contributed by atoms with Crippen molar-refractivity contribution in [3.05, 3.63) is 48.0 Å². The van der Waals surface area contributed by atoms with Gasteiger partial charge in [0.15, 0.2) is 17.2 Å². The molecule has 0 aliphatic heterocycles. The summed E-state index contributed by atoms with van der Waals surface area (Å²) >= 11 is 13.6. The molecule has 0 amide bonds. The first-order chi connectivity index (χ1) is 16.5. The van der Waals surface area contributed by atoms with E-state index >= 15 is 0 Å². The van der Waals surface area contributed by atoms with Crippen molar-refractivity contribution in [1.82, 2.24) is 0 Å². The van der Waals surface area contributed by atoms with Crippen LogP contribution < -0.4 is 0 Å². The lowest BCUT2D eigenvalue weighted by atomic mass is 9.45. The van der Waals surface area contributed by atoms with Gasteiger partial charge < -0.3 is 14.3 Å². The third-order valence-corrected chi connectivity index (χ3v) is 10.9. The number of hydrogen-bond acceptors (Lipinski definition) is 6. The van der Waals surface area contributed by atoms with Gasteiger partial charge in [0.25, 0.3) is 0 Å². The molecule has 0 bridgehead atoms. The summed E-state index contributed by atoms with van der Waals surface area (Å²) in [5.74, 6) is -2.12. The SMILES string of the molecule is C[C@@H]1C[C@@H]2[C@H]3CCC4=CC(=O)C=C[C@]4(C)[C@@]3(Cl)[C@@H](O)C[C@]2(C)[C@@]1(OC(=O)c1ccco1)C(=O)CCl. The van der Waals surface area contributed by atoms with E-state index in [0.717, 1.165) is 5.57 Å². The molecule has 1 aromatic heterocycles. The van der Waals surface area contributed by atoms with Crippen LogP contribution in [0, 0.1) is 28.6 Å². The van der Waals surface area contributed by atoms with Gasteiger partial charge in [-0.3, -0.25) is 9.59 Å². The maximum absolute atomic E-state index is 13.6. The van der Waals surface area contributed by atoms with Crippen LogP contribution in [0.2, 0.25) is 0 Å². The highest BCUT2D eigenvalue weighted by atomic mass is 35.5. The molecule has 0 spiro atoms. The van der Waals surface area contributed by atoms with E-state index in [4.69, 9.17) is 32.4 Å². The lowest BCUT2D eigenvalue weighted by Gasteiger charge is -2.64. The van der Waals surface area contributed by atoms with Crippen molar-refractivity contribution in [2.45, 2.75) is 63.0 Å². The van der Waals surface area contributed by atoms with Crippen LogP contribution in [0.25, 0.3) is 0 Å². The number of esters is 1. The van der Waals surface area contributed by atoms with Crippen LogP contribution >= 0.6 is 23.2 Å². The van der Waals surface area contributed by atoms with Crippen molar-refractivity contribution < 1.29 is 28.6 Å². The number of hydrogen-bond donors (Lipinski definition) is 1. The summed E-state index contributed by atoms with van der Waals surface area (Å²) in [5, 5.41) is 11.8. The fourth-order valence-electron chi connectivity index (χ4n) is 8.09. The maximum Gasteiger partial charge on any atom is 0.375 e. The number of halogens is 2. The standard InChI is InChI=1S/C27H30Cl2O6/c1-15-11-19-18-7-6-16-12-17(30)8-9-24(16,2)26(18,29)21(31)13-25(19,3)27(15,22(32)14-28)35-23(33)20-5-4-10-34-20/h4-5,8-10,12,15,18-19,21,31H,6-7,11,13-14H2,1-3H3/t15-,18-,19-,21+,24+,25+,26+,27+/m1/s1. The second kappa shape index (κ2) is 8.06. The number of aliphatic hydroxyl groups excluding tert-OH is 1. The fraction of sp³-hybridized carbons (Fsp3) is 0.593. The molecule has 0 radical (unpaired) electrons. The van der Waals surface area contributed by atoms with E-state index in [2.05, 4.69) is 0 Å². The first-order valence-corrected chi connectivity index (χ1v) is 13.0. The number of allylic oxidation sites excluding steroid dienone is 4. The number of fused-ring (bicyclic) bond motifs is 5. The third kappa shape index (κ3) is 3.02. The monoisotopic (exact) mass is 520 g/mol. The summed E-state index contributed by atoms with van der Waals surface area (Å²) in [6, 6.07) is 3.07. The Bertz CT molecular complexity index is 1140. The normalized spacial score (nSPS) is 44.2. The molecule has 35 heavy (non-hydrogen) atoms. The Hall–Kier alpha value is -1.89. The number of furan rings is 1. The average molecular weight is 521 g/mol. The van der Waals surface area contributed by atoms with Crippen LogP contribution in [0.3, 0.4) is 0 Å². The molecule has 3 saturated carbocycles. The first-order valence-electron chi connectivity index (χ1n) is 12.1. The van der Waals surface area contributed by atoms with Crippen molar-refractivity contribution in [3.63, 3.8) is 0 Å². The van der Waals surface area contributed by atoms with Crippen LogP contribution in [-0.4, -0.2) is 45.1 Å². The molecule has 1 heterocycles. The second-order valence-electron chi connectivity index (χ2n) is 11.1. The molecule has 1 aromatic rings. The lowest BCUT2D eigenvalue weighted by Crippen LogP contribution is -2.69. The molecule has 1 N–H and O–H groups in total. The molecular formula is C27H30Cl2O6. The summed E-state index contributed by atoms with van der Waals surface area (Å²) in [6.45, 7) is 5.81. The number of Topliss-reactive ketones (excluding diaryl/α,β-unsaturated/α-hetero) is 1. The van der Waals surface area contributed by atoms with Crippen LogP contribution in [0.4, 0.5) is 0 Å². The van der Waals surface area contributed by atoms with Gasteiger partial charge in [-0.1, -0.05) is 32.4 Å². The van der Waals surface area contributed by atoms with Crippen LogP contribution in [0.5, 0.6) is 0 Å². The molecule has 0 saturated heterocycles. The summed E-state index contributed by atoms with van der Waals surface area (Å²) in [7, 11) is 0. The molecule has 5 rings (SSSR count). The minimum atomic E-state index is -1.53. The Balaban J connectivity index is 1.61. The highest BCUT2D eigenvalue weighted by Gasteiger charge is 2.76. The molecule has 188 valence electrons. The third-order valence-electron chi connectivity index (χ3n) is 9.69. The zero-order valence-electron chi connectivity index (χ0n) is 20.1. The minimum absolute atomic E-state index is 0.00557. The number of ether oxygens (including phenoxy) is 1. The molecule has 4 aliphatic rings. The summed E-state index contributed by atoms with van der Waals surface area (Å²) in [5.41, 5.74) is -2.20. The Morgan fingerprint density at radius 1 is 1.29 bits per heavy atom. The van der Waals surface area contributed by atoms with Gasteiger partial charge >= 0.3 is 5.97 Å². The van der Waals surface area contributed by atoms with Crippen LogP contribution in [0.15, 0.2) is 46.6 Å². The van der Waals surface area contributed by atoms with Crippen molar-refractivity contribution in [1.29, 1.82) is 0 Å². The van der Waals surface area contributed by atoms with E-state index in [1.165, 1.54) is 18.4 Å². The van der Waals surface area contributed by atoms with Gasteiger partial charge in [0, 0.05) is 16.7 Å². The predicted molar refractivity (Wildman–Crippen MR) is 130 cm³/mol. The smallest absolute Gasteiger partial charge is 0.375 e. The van der Waals surface area contributed by atoms with E-state index in [1.54, 1.807) is 12.1 Å². The minimum Gasteiger partial charge on any atom is -0.457 e. The Kier molecular flexibility index (Phi) is 5.71. The van der Waals surface area contributed by atoms with Gasteiger partial charge in [-0.05, 0) is 61.8 Å². The molecule has 0 aromatic carbocycles. The maximum atomic E-state index is 13.6. The number of alkyl halides is 2. The van der Waals surface area contributed by atoms with Crippen molar-refractivity contribution in [2.75, 3.05) is 5.88 Å². The Morgan fingerprint density at radius 3 is 2.69 bits per heavy atom. The highest BCUT2D eigenvalue weighted by Crippen LogP contribution is 2.72. The molecular weight excluding hydrogens is 491 g/mol. The quantitative estimate of drug-likeness (QED) is 0.449. The molecule has 4 aliphatic carbocycles. The van der Waals surface area contributed by atoms with Crippen LogP contribution in [-0.2, 0) is 14.3 Å². The van der Waals surface area contributed by atoms with E-state index in [-0.39, 0.29) is 47.4 Å². The highest BCUT2D eigenvalue weighted by molar-refractivity contribution is 6.29. The molecule has 3 fully saturated rings. The van der Waals surface area contributed by atoms with E-state index in [9.17, 15) is 19.5 Å². The van der Waals surface area contributed by atoms with E-state index < -0.39 is 33.4 Å². The second-order valence-corrected chi connectivity index (χ2v) is 12.0. The number of rotatable bonds is 4. The Morgan fingerprint density at radius 2 is 2.03 bits per heavy atom.